The lowest BCUT2D eigenvalue weighted by atomic mass is 9.67. The molecule has 2 N–H and O–H groups in total. The molecule has 1 saturated carbocycles. The van der Waals surface area contributed by atoms with E-state index in [2.05, 4.69) is 27.8 Å². The van der Waals surface area contributed by atoms with Gasteiger partial charge in [0.25, 0.3) is 5.91 Å². The predicted molar refractivity (Wildman–Crippen MR) is 73.0 cm³/mol. The van der Waals surface area contributed by atoms with Gasteiger partial charge in [-0.2, -0.15) is 0 Å². The quantitative estimate of drug-likeness (QED) is 0.830. The molecule has 0 spiro atoms. The molecule has 1 fully saturated rings. The average molecular weight is 268 g/mol. The third-order valence-electron chi connectivity index (χ3n) is 3.74. The molecule has 0 aromatic carbocycles. The Kier molecular flexibility index (Phi) is 4.16. The Morgan fingerprint density at radius 3 is 2.72 bits per heavy atom. The zero-order valence-electron chi connectivity index (χ0n) is 11.0. The molecule has 1 aliphatic carbocycles. The maximum absolute atomic E-state index is 11.9. The van der Waals surface area contributed by atoms with E-state index in [4.69, 9.17) is 0 Å². The first-order chi connectivity index (χ1) is 8.69. The third-order valence-corrected chi connectivity index (χ3v) is 4.62. The van der Waals surface area contributed by atoms with Gasteiger partial charge < -0.3 is 10.6 Å². The Hall–Kier alpha value is -1.17. The lowest BCUT2D eigenvalue weighted by molar-refractivity contribution is 0.0849. The highest BCUT2D eigenvalue weighted by atomic mass is 32.1. The maximum Gasteiger partial charge on any atom is 0.282 e. The van der Waals surface area contributed by atoms with Gasteiger partial charge in [0, 0.05) is 13.1 Å². The van der Waals surface area contributed by atoms with Crippen LogP contribution in [0.5, 0.6) is 0 Å². The maximum atomic E-state index is 11.9. The second kappa shape index (κ2) is 5.65. The number of hydrogen-bond donors (Lipinski definition) is 2. The minimum Gasteiger partial charge on any atom is -0.360 e. The highest BCUT2D eigenvalue weighted by Crippen LogP contribution is 2.43. The smallest absolute Gasteiger partial charge is 0.282 e. The molecule has 0 atom stereocenters. The van der Waals surface area contributed by atoms with Gasteiger partial charge in [0.15, 0.2) is 0 Å². The largest absolute Gasteiger partial charge is 0.360 e. The van der Waals surface area contributed by atoms with E-state index >= 15 is 0 Å². The van der Waals surface area contributed by atoms with Crippen molar-refractivity contribution in [2.75, 3.05) is 18.4 Å². The van der Waals surface area contributed by atoms with Gasteiger partial charge in [-0.3, -0.25) is 4.79 Å². The monoisotopic (exact) mass is 268 g/mol. The average Bonchev–Trinajstić information content (AvgIpc) is 2.77. The topological polar surface area (TPSA) is 66.9 Å². The molecule has 0 unspecified atom stereocenters. The summed E-state index contributed by atoms with van der Waals surface area (Å²) in [6, 6.07) is 0. The van der Waals surface area contributed by atoms with Crippen LogP contribution in [0.1, 0.15) is 49.3 Å². The van der Waals surface area contributed by atoms with E-state index in [1.54, 1.807) is 0 Å². The number of nitrogens with one attached hydrogen (secondary N) is 2. The van der Waals surface area contributed by atoms with Crippen molar-refractivity contribution in [2.24, 2.45) is 5.41 Å². The van der Waals surface area contributed by atoms with Crippen molar-refractivity contribution in [1.29, 1.82) is 0 Å². The highest BCUT2D eigenvalue weighted by Gasteiger charge is 2.35. The van der Waals surface area contributed by atoms with Crippen LogP contribution in [-0.2, 0) is 0 Å². The zero-order chi connectivity index (χ0) is 13.0. The van der Waals surface area contributed by atoms with Crippen molar-refractivity contribution in [3.05, 3.63) is 5.01 Å². The summed E-state index contributed by atoms with van der Waals surface area (Å²) >= 11 is 1.30. The fourth-order valence-corrected chi connectivity index (χ4v) is 2.94. The molecular weight excluding hydrogens is 248 g/mol. The molecule has 5 nitrogen and oxygen atoms in total. The molecule has 1 aromatic heterocycles. The molecule has 18 heavy (non-hydrogen) atoms. The minimum atomic E-state index is -0.101. The minimum absolute atomic E-state index is 0.101. The van der Waals surface area contributed by atoms with Crippen LogP contribution in [-0.4, -0.2) is 29.2 Å². The summed E-state index contributed by atoms with van der Waals surface area (Å²) in [5, 5.41) is 15.0. The summed E-state index contributed by atoms with van der Waals surface area (Å²) < 4.78 is 0. The number of hydrogen-bond acceptors (Lipinski definition) is 5. The van der Waals surface area contributed by atoms with Gasteiger partial charge in [0.2, 0.25) is 10.1 Å². The normalized spacial score (nSPS) is 17.0. The molecule has 1 amide bonds. The number of amides is 1. The Bertz CT molecular complexity index is 408. The Morgan fingerprint density at radius 2 is 2.17 bits per heavy atom. The molecule has 2 rings (SSSR count). The molecule has 6 heteroatoms. The fourth-order valence-electron chi connectivity index (χ4n) is 2.21. The molecule has 100 valence electrons. The van der Waals surface area contributed by atoms with E-state index < -0.39 is 0 Å². The number of rotatable bonds is 6. The predicted octanol–water partition coefficient (Wildman–Crippen LogP) is 2.28. The summed E-state index contributed by atoms with van der Waals surface area (Å²) in [5.41, 5.74) is 0.338. The van der Waals surface area contributed by atoms with Gasteiger partial charge in [-0.15, -0.1) is 10.2 Å². The van der Waals surface area contributed by atoms with Crippen LogP contribution < -0.4 is 10.6 Å². The molecular formula is C12H20N4OS. The first kappa shape index (κ1) is 13.3. The van der Waals surface area contributed by atoms with Crippen molar-refractivity contribution in [3.8, 4) is 0 Å². The van der Waals surface area contributed by atoms with Crippen LogP contribution >= 0.6 is 11.3 Å². The molecule has 1 aliphatic rings. The van der Waals surface area contributed by atoms with Crippen LogP contribution in [0.3, 0.4) is 0 Å². The Labute approximate surface area is 111 Å². The van der Waals surface area contributed by atoms with Crippen LogP contribution in [0.15, 0.2) is 0 Å². The third kappa shape index (κ3) is 2.80. The van der Waals surface area contributed by atoms with Crippen LogP contribution in [0, 0.1) is 5.41 Å². The fraction of sp³-hybridized carbons (Fsp3) is 0.750. The molecule has 0 saturated heterocycles. The van der Waals surface area contributed by atoms with Gasteiger partial charge >= 0.3 is 0 Å². The number of nitrogens with zero attached hydrogens (tertiary/aromatic N) is 2. The second-order valence-corrected chi connectivity index (χ2v) is 5.81. The van der Waals surface area contributed by atoms with E-state index in [0.717, 1.165) is 19.5 Å². The summed E-state index contributed by atoms with van der Waals surface area (Å²) in [6.07, 6.45) is 4.87. The second-order valence-electron chi connectivity index (χ2n) is 4.83. The molecule has 1 aromatic rings. The summed E-state index contributed by atoms with van der Waals surface area (Å²) in [4.78, 5) is 11.9. The lowest BCUT2D eigenvalue weighted by Crippen LogP contribution is -2.41. The number of carbonyl (C=O) groups is 1. The van der Waals surface area contributed by atoms with E-state index in [-0.39, 0.29) is 5.91 Å². The van der Waals surface area contributed by atoms with Gasteiger partial charge in [-0.05, 0) is 31.6 Å². The molecule has 0 bridgehead atoms. The Morgan fingerprint density at radius 1 is 1.39 bits per heavy atom. The first-order valence-electron chi connectivity index (χ1n) is 6.55. The standard InChI is InChI=1S/C12H20N4OS/c1-3-12(6-5-7-12)8-14-9(17)10-15-16-11(18-10)13-4-2/h3-8H2,1-2H3,(H,13,16)(H,14,17). The van der Waals surface area contributed by atoms with Crippen LogP contribution in [0.4, 0.5) is 5.13 Å². The van der Waals surface area contributed by atoms with Crippen molar-refractivity contribution in [1.82, 2.24) is 15.5 Å². The van der Waals surface area contributed by atoms with Crippen molar-refractivity contribution in [2.45, 2.75) is 39.5 Å². The van der Waals surface area contributed by atoms with Gasteiger partial charge in [0.05, 0.1) is 0 Å². The SMILES string of the molecule is CCNc1nnc(C(=O)NCC2(CC)CCC2)s1. The van der Waals surface area contributed by atoms with Gasteiger partial charge in [0.1, 0.15) is 0 Å². The molecule has 1 heterocycles. The first-order valence-corrected chi connectivity index (χ1v) is 7.36. The van der Waals surface area contributed by atoms with E-state index in [0.29, 0.717) is 15.6 Å². The van der Waals surface area contributed by atoms with Crippen molar-refractivity contribution >= 4 is 22.4 Å². The lowest BCUT2D eigenvalue weighted by Gasteiger charge is -2.41. The van der Waals surface area contributed by atoms with E-state index in [9.17, 15) is 4.79 Å². The van der Waals surface area contributed by atoms with Crippen molar-refractivity contribution in [3.63, 3.8) is 0 Å². The summed E-state index contributed by atoms with van der Waals surface area (Å²) in [6.45, 7) is 5.73. The highest BCUT2D eigenvalue weighted by molar-refractivity contribution is 7.17. The summed E-state index contributed by atoms with van der Waals surface area (Å²) in [7, 11) is 0. The number of carbonyl (C=O) groups excluding carboxylic acids is 1. The molecule has 0 radical (unpaired) electrons. The van der Waals surface area contributed by atoms with Gasteiger partial charge in [-0.1, -0.05) is 24.7 Å². The zero-order valence-corrected chi connectivity index (χ0v) is 11.8. The molecule has 0 aliphatic heterocycles. The van der Waals surface area contributed by atoms with Gasteiger partial charge in [-0.25, -0.2) is 0 Å². The summed E-state index contributed by atoms with van der Waals surface area (Å²) in [5.74, 6) is -0.101. The van der Waals surface area contributed by atoms with Crippen LogP contribution in [0.25, 0.3) is 0 Å². The number of aromatic nitrogens is 2. The van der Waals surface area contributed by atoms with Crippen molar-refractivity contribution < 1.29 is 4.79 Å². The van der Waals surface area contributed by atoms with E-state index in [1.807, 2.05) is 6.92 Å². The van der Waals surface area contributed by atoms with Crippen LogP contribution in [0.2, 0.25) is 0 Å². The number of anilines is 1. The Balaban J connectivity index is 1.87. The van der Waals surface area contributed by atoms with E-state index in [1.165, 1.54) is 30.6 Å².